The number of rotatable bonds is 10. The molecule has 0 aliphatic heterocycles. The molecule has 0 saturated heterocycles. The lowest BCUT2D eigenvalue weighted by Crippen LogP contribution is -2.39. The van der Waals surface area contributed by atoms with Crippen LogP contribution >= 0.6 is 0 Å². The first-order chi connectivity index (χ1) is 8.60. The van der Waals surface area contributed by atoms with Gasteiger partial charge in [0, 0.05) is 31.8 Å². The molecule has 4 nitrogen and oxygen atoms in total. The Balaban J connectivity index is 4.46. The summed E-state index contributed by atoms with van der Waals surface area (Å²) in [5.41, 5.74) is 0.514. The topological polar surface area (TPSA) is 38.8 Å². The number of carbonyl (C=O) groups excluding carboxylic acids is 1. The summed E-state index contributed by atoms with van der Waals surface area (Å²) in [4.78, 5) is 13.8. The molecule has 0 saturated carbocycles. The van der Waals surface area contributed by atoms with E-state index < -0.39 is 0 Å². The fourth-order valence-electron chi connectivity index (χ4n) is 1.95. The van der Waals surface area contributed by atoms with E-state index >= 15 is 0 Å². The minimum atomic E-state index is -0.300. The fraction of sp³-hybridized carbons (Fsp3) is 0.786. The highest BCUT2D eigenvalue weighted by molar-refractivity contribution is 5.88. The SMILES string of the molecule is C=C(CN(CCOC)C(CC)CC)C(=O)OCC. The first kappa shape index (κ1) is 17.1. The molecule has 0 N–H and O–H groups in total. The fourth-order valence-corrected chi connectivity index (χ4v) is 1.95. The molecule has 18 heavy (non-hydrogen) atoms. The maximum absolute atomic E-state index is 11.6. The van der Waals surface area contributed by atoms with Crippen molar-refractivity contribution in [2.24, 2.45) is 0 Å². The van der Waals surface area contributed by atoms with Crippen LogP contribution in [-0.2, 0) is 14.3 Å². The lowest BCUT2D eigenvalue weighted by atomic mass is 10.1. The van der Waals surface area contributed by atoms with E-state index in [0.29, 0.717) is 31.4 Å². The van der Waals surface area contributed by atoms with Crippen LogP contribution < -0.4 is 0 Å². The normalized spacial score (nSPS) is 11.0. The Kier molecular flexibility index (Phi) is 9.60. The summed E-state index contributed by atoms with van der Waals surface area (Å²) in [6.07, 6.45) is 2.10. The molecular formula is C14H27NO3. The molecule has 0 fully saturated rings. The predicted molar refractivity (Wildman–Crippen MR) is 73.6 cm³/mol. The van der Waals surface area contributed by atoms with Crippen molar-refractivity contribution in [3.8, 4) is 0 Å². The number of carbonyl (C=O) groups is 1. The van der Waals surface area contributed by atoms with Crippen LogP contribution in [0.1, 0.15) is 33.6 Å². The Labute approximate surface area is 111 Å². The first-order valence-electron chi connectivity index (χ1n) is 6.68. The van der Waals surface area contributed by atoms with Gasteiger partial charge in [-0.2, -0.15) is 0 Å². The molecule has 0 aromatic heterocycles. The lowest BCUT2D eigenvalue weighted by molar-refractivity contribution is -0.138. The first-order valence-corrected chi connectivity index (χ1v) is 6.68. The largest absolute Gasteiger partial charge is 0.463 e. The van der Waals surface area contributed by atoms with Crippen LogP contribution in [0.5, 0.6) is 0 Å². The molecule has 0 atom stereocenters. The number of hydrogen-bond acceptors (Lipinski definition) is 4. The Hall–Kier alpha value is -0.870. The second-order valence-electron chi connectivity index (χ2n) is 4.26. The summed E-state index contributed by atoms with van der Waals surface area (Å²) in [6.45, 7) is 12.3. The van der Waals surface area contributed by atoms with Crippen molar-refractivity contribution in [3.05, 3.63) is 12.2 Å². The van der Waals surface area contributed by atoms with E-state index in [4.69, 9.17) is 9.47 Å². The molecule has 0 bridgehead atoms. The van der Waals surface area contributed by atoms with E-state index in [2.05, 4.69) is 25.3 Å². The zero-order chi connectivity index (χ0) is 14.0. The number of nitrogens with zero attached hydrogens (tertiary/aromatic N) is 1. The third kappa shape index (κ3) is 6.17. The summed E-state index contributed by atoms with van der Waals surface area (Å²) in [7, 11) is 1.69. The van der Waals surface area contributed by atoms with E-state index in [0.717, 1.165) is 19.4 Å². The maximum atomic E-state index is 11.6. The van der Waals surface area contributed by atoms with Crippen molar-refractivity contribution in [2.45, 2.75) is 39.7 Å². The van der Waals surface area contributed by atoms with Gasteiger partial charge in [-0.3, -0.25) is 4.90 Å². The van der Waals surface area contributed by atoms with Crippen LogP contribution in [0.2, 0.25) is 0 Å². The van der Waals surface area contributed by atoms with E-state index in [1.54, 1.807) is 14.0 Å². The van der Waals surface area contributed by atoms with Crippen LogP contribution in [0.25, 0.3) is 0 Å². The minimum absolute atomic E-state index is 0.300. The molecule has 0 rings (SSSR count). The van der Waals surface area contributed by atoms with E-state index in [-0.39, 0.29) is 5.97 Å². The van der Waals surface area contributed by atoms with E-state index in [1.807, 2.05) is 0 Å². The molecule has 0 aromatic rings. The monoisotopic (exact) mass is 257 g/mol. The van der Waals surface area contributed by atoms with Gasteiger partial charge in [-0.05, 0) is 19.8 Å². The Morgan fingerprint density at radius 1 is 1.28 bits per heavy atom. The number of hydrogen-bond donors (Lipinski definition) is 0. The highest BCUT2D eigenvalue weighted by Gasteiger charge is 2.18. The molecule has 4 heteroatoms. The molecule has 0 aliphatic carbocycles. The van der Waals surface area contributed by atoms with Gasteiger partial charge in [0.15, 0.2) is 0 Å². The molecule has 0 aliphatic rings. The third-order valence-corrected chi connectivity index (χ3v) is 3.00. The molecule has 0 heterocycles. The van der Waals surface area contributed by atoms with Crippen molar-refractivity contribution in [2.75, 3.05) is 33.4 Å². The number of ether oxygens (including phenoxy) is 2. The third-order valence-electron chi connectivity index (χ3n) is 3.00. The standard InChI is InChI=1S/C14H27NO3/c1-6-13(7-2)15(9-10-17-5)11-12(4)14(16)18-8-3/h13H,4,6-11H2,1-3,5H3. The summed E-state index contributed by atoms with van der Waals surface area (Å²) in [6, 6.07) is 0.450. The molecule has 106 valence electrons. The van der Waals surface area contributed by atoms with Crippen molar-refractivity contribution >= 4 is 5.97 Å². The second-order valence-corrected chi connectivity index (χ2v) is 4.26. The van der Waals surface area contributed by atoms with Gasteiger partial charge >= 0.3 is 5.97 Å². The Bertz CT molecular complexity index is 249. The Morgan fingerprint density at radius 2 is 1.89 bits per heavy atom. The van der Waals surface area contributed by atoms with Crippen LogP contribution in [0.15, 0.2) is 12.2 Å². The quantitative estimate of drug-likeness (QED) is 0.444. The highest BCUT2D eigenvalue weighted by atomic mass is 16.5. The minimum Gasteiger partial charge on any atom is -0.463 e. The van der Waals surface area contributed by atoms with Gasteiger partial charge < -0.3 is 9.47 Å². The van der Waals surface area contributed by atoms with Gasteiger partial charge in [0.25, 0.3) is 0 Å². The molecular weight excluding hydrogens is 230 g/mol. The maximum Gasteiger partial charge on any atom is 0.334 e. The van der Waals surface area contributed by atoms with E-state index in [9.17, 15) is 4.79 Å². The van der Waals surface area contributed by atoms with Gasteiger partial charge in [-0.1, -0.05) is 20.4 Å². The van der Waals surface area contributed by atoms with Gasteiger partial charge in [0.05, 0.1) is 13.2 Å². The summed E-state index contributed by atoms with van der Waals surface area (Å²) >= 11 is 0. The van der Waals surface area contributed by atoms with Crippen LogP contribution in [0.4, 0.5) is 0 Å². The zero-order valence-corrected chi connectivity index (χ0v) is 12.2. The van der Waals surface area contributed by atoms with Crippen LogP contribution in [-0.4, -0.2) is 50.3 Å². The van der Waals surface area contributed by atoms with Crippen LogP contribution in [0.3, 0.4) is 0 Å². The molecule has 0 amide bonds. The van der Waals surface area contributed by atoms with Gasteiger partial charge in [-0.25, -0.2) is 4.79 Å². The second kappa shape index (κ2) is 10.1. The number of methoxy groups -OCH3 is 1. The molecule has 0 radical (unpaired) electrons. The van der Waals surface area contributed by atoms with Gasteiger partial charge in [-0.15, -0.1) is 0 Å². The van der Waals surface area contributed by atoms with Crippen molar-refractivity contribution in [1.29, 1.82) is 0 Å². The van der Waals surface area contributed by atoms with Crippen molar-refractivity contribution in [3.63, 3.8) is 0 Å². The molecule has 0 spiro atoms. The lowest BCUT2D eigenvalue weighted by Gasteiger charge is -2.30. The smallest absolute Gasteiger partial charge is 0.334 e. The average molecular weight is 257 g/mol. The predicted octanol–water partition coefficient (Wildman–Crippen LogP) is 2.24. The van der Waals surface area contributed by atoms with Crippen molar-refractivity contribution in [1.82, 2.24) is 4.90 Å². The number of esters is 1. The highest BCUT2D eigenvalue weighted by Crippen LogP contribution is 2.11. The van der Waals surface area contributed by atoms with Gasteiger partial charge in [0.1, 0.15) is 0 Å². The summed E-state index contributed by atoms with van der Waals surface area (Å²) in [5, 5.41) is 0. The molecule has 0 unspecified atom stereocenters. The van der Waals surface area contributed by atoms with Crippen LogP contribution in [0, 0.1) is 0 Å². The van der Waals surface area contributed by atoms with Gasteiger partial charge in [0.2, 0.25) is 0 Å². The zero-order valence-electron chi connectivity index (χ0n) is 12.2. The van der Waals surface area contributed by atoms with Crippen molar-refractivity contribution < 1.29 is 14.3 Å². The summed E-state index contributed by atoms with van der Waals surface area (Å²) < 4.78 is 10.1. The summed E-state index contributed by atoms with van der Waals surface area (Å²) in [5.74, 6) is -0.300. The molecule has 0 aromatic carbocycles. The Morgan fingerprint density at radius 3 is 2.33 bits per heavy atom. The average Bonchev–Trinajstić information content (AvgIpc) is 2.37. The van der Waals surface area contributed by atoms with E-state index in [1.165, 1.54) is 0 Å².